The zero-order valence-corrected chi connectivity index (χ0v) is 15.3. The van der Waals surface area contributed by atoms with Crippen molar-refractivity contribution >= 4 is 5.91 Å². The van der Waals surface area contributed by atoms with Crippen LogP contribution in [0, 0.1) is 5.82 Å². The number of ether oxygens (including phenoxy) is 1. The maximum Gasteiger partial charge on any atom is 0.258 e. The molecule has 0 bridgehead atoms. The summed E-state index contributed by atoms with van der Waals surface area (Å²) in [5.41, 5.74) is 2.66. The van der Waals surface area contributed by atoms with Crippen molar-refractivity contribution in [3.8, 4) is 11.4 Å². The van der Waals surface area contributed by atoms with Gasteiger partial charge in [0.25, 0.3) is 11.5 Å². The van der Waals surface area contributed by atoms with Gasteiger partial charge in [-0.15, -0.1) is 0 Å². The molecule has 0 aliphatic carbocycles. The molecule has 0 N–H and O–H groups in total. The summed E-state index contributed by atoms with van der Waals surface area (Å²) in [5.74, 6) is -0.0863. The minimum Gasteiger partial charge on any atom is -0.494 e. The van der Waals surface area contributed by atoms with Gasteiger partial charge in [0.2, 0.25) is 0 Å². The highest BCUT2D eigenvalue weighted by Crippen LogP contribution is 2.23. The predicted octanol–water partition coefficient (Wildman–Crippen LogP) is 2.58. The van der Waals surface area contributed by atoms with Crippen LogP contribution in [0.5, 0.6) is 5.75 Å². The predicted molar refractivity (Wildman–Crippen MR) is 101 cm³/mol. The van der Waals surface area contributed by atoms with Crippen LogP contribution in [-0.4, -0.2) is 34.0 Å². The lowest BCUT2D eigenvalue weighted by molar-refractivity contribution is 0.0730. The van der Waals surface area contributed by atoms with E-state index in [-0.39, 0.29) is 17.3 Å². The van der Waals surface area contributed by atoms with E-state index in [4.69, 9.17) is 4.74 Å². The van der Waals surface area contributed by atoms with Gasteiger partial charge in [0.1, 0.15) is 11.6 Å². The third-order valence-corrected chi connectivity index (χ3v) is 4.87. The van der Waals surface area contributed by atoms with E-state index in [1.807, 2.05) is 0 Å². The number of nitrogens with zero attached hydrogens (tertiary/aromatic N) is 3. The first-order chi connectivity index (χ1) is 13.6. The highest BCUT2D eigenvalue weighted by atomic mass is 19.1. The quantitative estimate of drug-likeness (QED) is 0.702. The first kappa shape index (κ1) is 17.9. The van der Waals surface area contributed by atoms with Crippen molar-refractivity contribution in [2.75, 3.05) is 13.7 Å². The molecule has 6 nitrogen and oxygen atoms in total. The van der Waals surface area contributed by atoms with Crippen molar-refractivity contribution in [2.24, 2.45) is 0 Å². The number of carbonyl (C=O) groups excluding carboxylic acids is 1. The van der Waals surface area contributed by atoms with Crippen molar-refractivity contribution in [3.05, 3.63) is 87.9 Å². The van der Waals surface area contributed by atoms with E-state index in [9.17, 15) is 14.0 Å². The Bertz CT molecular complexity index is 1090. The molecule has 7 heteroatoms. The van der Waals surface area contributed by atoms with Gasteiger partial charge in [-0.25, -0.2) is 4.39 Å². The average molecular weight is 379 g/mol. The van der Waals surface area contributed by atoms with E-state index < -0.39 is 0 Å². The van der Waals surface area contributed by atoms with Crippen LogP contribution in [-0.2, 0) is 13.0 Å². The molecule has 0 unspecified atom stereocenters. The fourth-order valence-corrected chi connectivity index (χ4v) is 3.40. The summed E-state index contributed by atoms with van der Waals surface area (Å²) in [5, 5.41) is 0. The third-order valence-electron chi connectivity index (χ3n) is 4.87. The van der Waals surface area contributed by atoms with Crippen molar-refractivity contribution in [1.29, 1.82) is 0 Å². The monoisotopic (exact) mass is 379 g/mol. The standard InChI is InChI=1S/C21H18FN3O3/c1-28-19-11-23-8-6-18(19)21(27)24-9-7-14-10-20(26)25(13-15(14)12-24)17-4-2-16(22)3-5-17/h2-6,8,10-11,13H,7,9,12H2,1H3. The van der Waals surface area contributed by atoms with Crippen LogP contribution in [0.1, 0.15) is 21.5 Å². The zero-order chi connectivity index (χ0) is 19.7. The van der Waals surface area contributed by atoms with Gasteiger partial charge < -0.3 is 9.64 Å². The Balaban J connectivity index is 1.66. The van der Waals surface area contributed by atoms with Gasteiger partial charge in [-0.05, 0) is 47.9 Å². The average Bonchev–Trinajstić information content (AvgIpc) is 2.73. The second-order valence-electron chi connectivity index (χ2n) is 6.56. The summed E-state index contributed by atoms with van der Waals surface area (Å²) < 4.78 is 19.9. The van der Waals surface area contributed by atoms with Crippen LogP contribution in [0.3, 0.4) is 0 Å². The Kier molecular flexibility index (Phi) is 4.65. The molecule has 2 aromatic heterocycles. The summed E-state index contributed by atoms with van der Waals surface area (Å²) >= 11 is 0. The summed E-state index contributed by atoms with van der Waals surface area (Å²) in [7, 11) is 1.50. The molecule has 3 aromatic rings. The molecule has 0 spiro atoms. The van der Waals surface area contributed by atoms with E-state index >= 15 is 0 Å². The van der Waals surface area contributed by atoms with E-state index in [1.54, 1.807) is 41.6 Å². The van der Waals surface area contributed by atoms with Gasteiger partial charge >= 0.3 is 0 Å². The maximum atomic E-state index is 13.2. The molecule has 1 aromatic carbocycles. The van der Waals surface area contributed by atoms with Gasteiger partial charge in [-0.2, -0.15) is 0 Å². The summed E-state index contributed by atoms with van der Waals surface area (Å²) in [6.45, 7) is 0.887. The van der Waals surface area contributed by atoms with E-state index in [0.717, 1.165) is 11.1 Å². The van der Waals surface area contributed by atoms with E-state index in [0.29, 0.717) is 36.5 Å². The largest absolute Gasteiger partial charge is 0.494 e. The number of methoxy groups -OCH3 is 1. The number of aromatic nitrogens is 2. The number of fused-ring (bicyclic) bond motifs is 1. The van der Waals surface area contributed by atoms with E-state index in [1.165, 1.54) is 30.0 Å². The van der Waals surface area contributed by atoms with Crippen molar-refractivity contribution < 1.29 is 13.9 Å². The SMILES string of the molecule is COc1cnccc1C(=O)N1CCc2cc(=O)n(-c3ccc(F)cc3)cc2C1. The van der Waals surface area contributed by atoms with Crippen LogP contribution in [0.2, 0.25) is 0 Å². The summed E-state index contributed by atoms with van der Waals surface area (Å²) in [6, 6.07) is 8.95. The highest BCUT2D eigenvalue weighted by Gasteiger charge is 2.25. The molecule has 4 rings (SSSR count). The number of halogens is 1. The minimum absolute atomic E-state index is 0.149. The molecule has 142 valence electrons. The number of rotatable bonds is 3. The molecule has 0 saturated heterocycles. The van der Waals surface area contributed by atoms with E-state index in [2.05, 4.69) is 4.98 Å². The Morgan fingerprint density at radius 1 is 1.18 bits per heavy atom. The lowest BCUT2D eigenvalue weighted by atomic mass is 10.0. The number of hydrogen-bond donors (Lipinski definition) is 0. The summed E-state index contributed by atoms with van der Waals surface area (Å²) in [4.78, 5) is 31.1. The molecule has 0 saturated carbocycles. The number of hydrogen-bond acceptors (Lipinski definition) is 4. The van der Waals surface area contributed by atoms with Gasteiger partial charge in [0.05, 0.1) is 18.9 Å². The first-order valence-electron chi connectivity index (χ1n) is 8.84. The molecule has 3 heterocycles. The normalized spacial score (nSPS) is 13.1. The molecule has 1 aliphatic heterocycles. The van der Waals surface area contributed by atoms with Gasteiger partial charge in [-0.1, -0.05) is 0 Å². The topological polar surface area (TPSA) is 64.4 Å². The molecular formula is C21H18FN3O3. The highest BCUT2D eigenvalue weighted by molar-refractivity contribution is 5.96. The second kappa shape index (κ2) is 7.26. The number of amides is 1. The fourth-order valence-electron chi connectivity index (χ4n) is 3.40. The molecule has 0 atom stereocenters. The fraction of sp³-hybridized carbons (Fsp3) is 0.190. The lowest BCUT2D eigenvalue weighted by Gasteiger charge is -2.29. The first-order valence-corrected chi connectivity index (χ1v) is 8.84. The van der Waals surface area contributed by atoms with Gasteiger partial charge in [-0.3, -0.25) is 19.1 Å². The Labute approximate surface area is 160 Å². The van der Waals surface area contributed by atoms with Crippen LogP contribution in [0.15, 0.2) is 59.8 Å². The third kappa shape index (κ3) is 3.26. The smallest absolute Gasteiger partial charge is 0.258 e. The Hall–Kier alpha value is -3.48. The van der Waals surface area contributed by atoms with Crippen molar-refractivity contribution in [1.82, 2.24) is 14.5 Å². The van der Waals surface area contributed by atoms with Crippen LogP contribution < -0.4 is 10.3 Å². The molecule has 1 aliphatic rings. The molecule has 0 fully saturated rings. The maximum absolute atomic E-state index is 13.2. The number of pyridine rings is 2. The van der Waals surface area contributed by atoms with Crippen molar-refractivity contribution in [3.63, 3.8) is 0 Å². The number of carbonyl (C=O) groups is 1. The second-order valence-corrected chi connectivity index (χ2v) is 6.56. The molecule has 0 radical (unpaired) electrons. The van der Waals surface area contributed by atoms with Crippen LogP contribution in [0.4, 0.5) is 4.39 Å². The Morgan fingerprint density at radius 3 is 2.71 bits per heavy atom. The number of benzene rings is 1. The zero-order valence-electron chi connectivity index (χ0n) is 15.3. The lowest BCUT2D eigenvalue weighted by Crippen LogP contribution is -2.37. The molecular weight excluding hydrogens is 361 g/mol. The molecule has 28 heavy (non-hydrogen) atoms. The summed E-state index contributed by atoms with van der Waals surface area (Å²) in [6.07, 6.45) is 5.39. The van der Waals surface area contributed by atoms with Crippen LogP contribution >= 0.6 is 0 Å². The van der Waals surface area contributed by atoms with Gasteiger partial charge in [0, 0.05) is 37.2 Å². The Morgan fingerprint density at radius 2 is 1.96 bits per heavy atom. The minimum atomic E-state index is -0.363. The van der Waals surface area contributed by atoms with Crippen molar-refractivity contribution in [2.45, 2.75) is 13.0 Å². The van der Waals surface area contributed by atoms with Crippen LogP contribution in [0.25, 0.3) is 5.69 Å². The van der Waals surface area contributed by atoms with Gasteiger partial charge in [0.15, 0.2) is 0 Å². The molecule has 1 amide bonds.